The standard InChI is InChI=1S/C18H35N3O/c1-13(2)17(21-9-6-14(3)7-10-21)12-20-18(22)16-5-8-19-15(4)11-16/h13-17,19H,5-12H2,1-4H3,(H,20,22)/t15-,16-,17?/m0/s1. The molecule has 2 aliphatic rings. The van der Waals surface area contributed by atoms with Crippen LogP contribution in [0.1, 0.15) is 53.4 Å². The molecule has 2 N–H and O–H groups in total. The Morgan fingerprint density at radius 1 is 1.23 bits per heavy atom. The molecule has 0 saturated carbocycles. The third kappa shape index (κ3) is 4.95. The van der Waals surface area contributed by atoms with Crippen molar-refractivity contribution in [2.24, 2.45) is 17.8 Å². The highest BCUT2D eigenvalue weighted by molar-refractivity contribution is 5.78. The number of rotatable bonds is 5. The molecule has 0 aromatic heterocycles. The van der Waals surface area contributed by atoms with Gasteiger partial charge in [-0.15, -0.1) is 0 Å². The summed E-state index contributed by atoms with van der Waals surface area (Å²) in [6, 6.07) is 0.949. The first-order valence-electron chi connectivity index (χ1n) is 9.22. The molecule has 0 aliphatic carbocycles. The van der Waals surface area contributed by atoms with Crippen molar-refractivity contribution in [1.82, 2.24) is 15.5 Å². The summed E-state index contributed by atoms with van der Waals surface area (Å²) in [4.78, 5) is 15.0. The fraction of sp³-hybridized carbons (Fsp3) is 0.944. The number of nitrogens with zero attached hydrogens (tertiary/aromatic N) is 1. The van der Waals surface area contributed by atoms with E-state index in [0.29, 0.717) is 18.0 Å². The van der Waals surface area contributed by atoms with Crippen LogP contribution in [0.25, 0.3) is 0 Å². The number of hydrogen-bond acceptors (Lipinski definition) is 3. The molecule has 0 aromatic carbocycles. The Labute approximate surface area is 136 Å². The first-order valence-corrected chi connectivity index (χ1v) is 9.22. The number of amides is 1. The maximum Gasteiger partial charge on any atom is 0.223 e. The minimum Gasteiger partial charge on any atom is -0.354 e. The van der Waals surface area contributed by atoms with Gasteiger partial charge in [0.1, 0.15) is 0 Å². The zero-order valence-corrected chi connectivity index (χ0v) is 14.9. The first kappa shape index (κ1) is 17.7. The van der Waals surface area contributed by atoms with Gasteiger partial charge in [-0.3, -0.25) is 9.69 Å². The fourth-order valence-electron chi connectivity index (χ4n) is 3.87. The molecule has 22 heavy (non-hydrogen) atoms. The number of nitrogens with one attached hydrogen (secondary N) is 2. The highest BCUT2D eigenvalue weighted by Gasteiger charge is 2.28. The topological polar surface area (TPSA) is 44.4 Å². The first-order chi connectivity index (χ1) is 10.5. The minimum atomic E-state index is 0.199. The van der Waals surface area contributed by atoms with E-state index in [-0.39, 0.29) is 11.8 Å². The SMILES string of the molecule is CC1CCN(C(CNC(=O)[C@H]2CCN[C@@H](C)C2)C(C)C)CC1. The van der Waals surface area contributed by atoms with Gasteiger partial charge in [-0.25, -0.2) is 0 Å². The molecule has 1 amide bonds. The van der Waals surface area contributed by atoms with Crippen LogP contribution in [0.4, 0.5) is 0 Å². The Bertz CT molecular complexity index is 350. The summed E-state index contributed by atoms with van der Waals surface area (Å²) in [5.41, 5.74) is 0. The van der Waals surface area contributed by atoms with E-state index in [4.69, 9.17) is 0 Å². The monoisotopic (exact) mass is 309 g/mol. The van der Waals surface area contributed by atoms with E-state index in [0.717, 1.165) is 31.8 Å². The van der Waals surface area contributed by atoms with Gasteiger partial charge in [-0.2, -0.15) is 0 Å². The van der Waals surface area contributed by atoms with Crippen molar-refractivity contribution in [3.8, 4) is 0 Å². The average molecular weight is 309 g/mol. The number of carbonyl (C=O) groups excluding carboxylic acids is 1. The summed E-state index contributed by atoms with van der Waals surface area (Å²) in [5, 5.41) is 6.67. The molecule has 3 atom stereocenters. The lowest BCUT2D eigenvalue weighted by atomic mass is 9.91. The largest absolute Gasteiger partial charge is 0.354 e. The van der Waals surface area contributed by atoms with Gasteiger partial charge in [0.25, 0.3) is 0 Å². The molecular weight excluding hydrogens is 274 g/mol. The van der Waals surface area contributed by atoms with Gasteiger partial charge in [-0.05, 0) is 64.1 Å². The molecule has 2 fully saturated rings. The summed E-state index contributed by atoms with van der Waals surface area (Å²) >= 11 is 0. The van der Waals surface area contributed by atoms with Crippen LogP contribution in [0.2, 0.25) is 0 Å². The third-order valence-electron chi connectivity index (χ3n) is 5.54. The molecule has 128 valence electrons. The van der Waals surface area contributed by atoms with Gasteiger partial charge in [0, 0.05) is 24.5 Å². The molecule has 4 nitrogen and oxygen atoms in total. The van der Waals surface area contributed by atoms with Gasteiger partial charge in [0.2, 0.25) is 5.91 Å². The zero-order chi connectivity index (χ0) is 16.1. The van der Waals surface area contributed by atoms with Crippen LogP contribution in [0, 0.1) is 17.8 Å². The van der Waals surface area contributed by atoms with Crippen LogP contribution in [-0.4, -0.2) is 49.1 Å². The zero-order valence-electron chi connectivity index (χ0n) is 14.9. The normalized spacial score (nSPS) is 29.5. The smallest absolute Gasteiger partial charge is 0.223 e. The number of hydrogen-bond donors (Lipinski definition) is 2. The van der Waals surface area contributed by atoms with Crippen molar-refractivity contribution in [3.05, 3.63) is 0 Å². The van der Waals surface area contributed by atoms with Crippen molar-refractivity contribution in [2.45, 2.75) is 65.5 Å². The van der Waals surface area contributed by atoms with E-state index in [1.165, 1.54) is 25.9 Å². The number of piperidine rings is 2. The Morgan fingerprint density at radius 2 is 1.91 bits per heavy atom. The summed E-state index contributed by atoms with van der Waals surface area (Å²) in [5.74, 6) is 1.91. The van der Waals surface area contributed by atoms with Crippen molar-refractivity contribution in [3.63, 3.8) is 0 Å². The number of likely N-dealkylation sites (tertiary alicyclic amines) is 1. The van der Waals surface area contributed by atoms with Crippen LogP contribution in [-0.2, 0) is 4.79 Å². The van der Waals surface area contributed by atoms with Crippen LogP contribution < -0.4 is 10.6 Å². The van der Waals surface area contributed by atoms with Gasteiger partial charge in [0.15, 0.2) is 0 Å². The summed E-state index contributed by atoms with van der Waals surface area (Å²) < 4.78 is 0. The van der Waals surface area contributed by atoms with Crippen LogP contribution in [0.3, 0.4) is 0 Å². The lowest BCUT2D eigenvalue weighted by Crippen LogP contribution is -2.51. The van der Waals surface area contributed by atoms with Crippen LogP contribution in [0.15, 0.2) is 0 Å². The van der Waals surface area contributed by atoms with E-state index < -0.39 is 0 Å². The van der Waals surface area contributed by atoms with Crippen molar-refractivity contribution in [1.29, 1.82) is 0 Å². The number of carbonyl (C=O) groups is 1. The maximum absolute atomic E-state index is 12.4. The summed E-state index contributed by atoms with van der Waals surface area (Å²) in [7, 11) is 0. The molecule has 0 spiro atoms. The van der Waals surface area contributed by atoms with Crippen molar-refractivity contribution in [2.75, 3.05) is 26.2 Å². The van der Waals surface area contributed by atoms with Gasteiger partial charge in [0.05, 0.1) is 0 Å². The van der Waals surface area contributed by atoms with E-state index in [1.54, 1.807) is 0 Å². The summed E-state index contributed by atoms with van der Waals surface area (Å²) in [6.45, 7) is 13.2. The molecule has 2 saturated heterocycles. The lowest BCUT2D eigenvalue weighted by Gasteiger charge is -2.39. The maximum atomic E-state index is 12.4. The van der Waals surface area contributed by atoms with Crippen LogP contribution >= 0.6 is 0 Å². The summed E-state index contributed by atoms with van der Waals surface area (Å²) in [6.07, 6.45) is 4.54. The van der Waals surface area contributed by atoms with Crippen molar-refractivity contribution >= 4 is 5.91 Å². The fourth-order valence-corrected chi connectivity index (χ4v) is 3.87. The van der Waals surface area contributed by atoms with Crippen LogP contribution in [0.5, 0.6) is 0 Å². The Kier molecular flexibility index (Phi) is 6.69. The van der Waals surface area contributed by atoms with E-state index in [1.807, 2.05) is 0 Å². The van der Waals surface area contributed by atoms with Gasteiger partial charge < -0.3 is 10.6 Å². The highest BCUT2D eigenvalue weighted by atomic mass is 16.1. The lowest BCUT2D eigenvalue weighted by molar-refractivity contribution is -0.126. The molecule has 2 heterocycles. The highest BCUT2D eigenvalue weighted by Crippen LogP contribution is 2.21. The Morgan fingerprint density at radius 3 is 2.50 bits per heavy atom. The molecule has 0 aromatic rings. The van der Waals surface area contributed by atoms with Gasteiger partial charge in [-0.1, -0.05) is 20.8 Å². The quantitative estimate of drug-likeness (QED) is 0.819. The predicted octanol–water partition coefficient (Wildman–Crippen LogP) is 2.25. The van der Waals surface area contributed by atoms with Crippen molar-refractivity contribution < 1.29 is 4.79 Å². The molecule has 0 radical (unpaired) electrons. The molecule has 2 aliphatic heterocycles. The predicted molar refractivity (Wildman–Crippen MR) is 91.8 cm³/mol. The second-order valence-electron chi connectivity index (χ2n) is 7.85. The Hall–Kier alpha value is -0.610. The molecule has 1 unspecified atom stereocenters. The molecule has 0 bridgehead atoms. The Balaban J connectivity index is 1.82. The van der Waals surface area contributed by atoms with E-state index in [9.17, 15) is 4.79 Å². The minimum absolute atomic E-state index is 0.199. The molecular formula is C18H35N3O. The third-order valence-corrected chi connectivity index (χ3v) is 5.54. The van der Waals surface area contributed by atoms with E-state index in [2.05, 4.69) is 43.2 Å². The molecule has 4 heteroatoms. The second-order valence-corrected chi connectivity index (χ2v) is 7.85. The molecule has 2 rings (SSSR count). The second kappa shape index (κ2) is 8.30. The van der Waals surface area contributed by atoms with Gasteiger partial charge >= 0.3 is 0 Å². The van der Waals surface area contributed by atoms with E-state index >= 15 is 0 Å². The average Bonchev–Trinajstić information content (AvgIpc) is 2.48.